The molecule has 0 spiro atoms. The second kappa shape index (κ2) is 8.26. The van der Waals surface area contributed by atoms with Crippen LogP contribution in [-0.2, 0) is 20.0 Å². The number of piperidine rings is 1. The quantitative estimate of drug-likeness (QED) is 0.608. The van der Waals surface area contributed by atoms with Crippen LogP contribution in [-0.4, -0.2) is 27.5 Å². The van der Waals surface area contributed by atoms with E-state index in [9.17, 15) is 0 Å². The molecule has 0 unspecified atom stereocenters. The van der Waals surface area contributed by atoms with E-state index < -0.39 is 0 Å². The first-order valence-corrected chi connectivity index (χ1v) is 10.4. The fraction of sp³-hybridized carbons (Fsp3) is 0.458. The van der Waals surface area contributed by atoms with Crippen molar-refractivity contribution < 1.29 is 0 Å². The molecule has 0 radical (unpaired) electrons. The summed E-state index contributed by atoms with van der Waals surface area (Å²) in [5, 5.41) is 0. The van der Waals surface area contributed by atoms with Gasteiger partial charge in [-0.2, -0.15) is 0 Å². The summed E-state index contributed by atoms with van der Waals surface area (Å²) in [6.45, 7) is 5.56. The van der Waals surface area contributed by atoms with Crippen LogP contribution in [0.25, 0.3) is 11.0 Å². The van der Waals surface area contributed by atoms with Crippen molar-refractivity contribution in [1.82, 2.24) is 14.5 Å². The molecule has 0 aliphatic carbocycles. The van der Waals surface area contributed by atoms with Gasteiger partial charge in [0, 0.05) is 7.05 Å². The molecule has 27 heavy (non-hydrogen) atoms. The Morgan fingerprint density at radius 1 is 1.00 bits per heavy atom. The van der Waals surface area contributed by atoms with Crippen LogP contribution in [0.15, 0.2) is 48.5 Å². The van der Waals surface area contributed by atoms with Crippen LogP contribution in [0.1, 0.15) is 42.6 Å². The van der Waals surface area contributed by atoms with E-state index in [1.165, 1.54) is 67.7 Å². The highest BCUT2D eigenvalue weighted by Crippen LogP contribution is 2.25. The molecule has 3 aromatic rings. The molecule has 0 bridgehead atoms. The molecule has 3 heteroatoms. The summed E-state index contributed by atoms with van der Waals surface area (Å²) in [5.41, 5.74) is 5.20. The maximum Gasteiger partial charge on any atom is 0.123 e. The summed E-state index contributed by atoms with van der Waals surface area (Å²) < 4.78 is 2.29. The van der Waals surface area contributed by atoms with Gasteiger partial charge in [-0.1, -0.05) is 48.9 Å². The van der Waals surface area contributed by atoms with E-state index in [-0.39, 0.29) is 0 Å². The van der Waals surface area contributed by atoms with Crippen LogP contribution in [0.5, 0.6) is 0 Å². The van der Waals surface area contributed by atoms with Gasteiger partial charge in [0.15, 0.2) is 0 Å². The zero-order valence-electron chi connectivity index (χ0n) is 16.7. The van der Waals surface area contributed by atoms with Crippen LogP contribution in [0.2, 0.25) is 0 Å². The lowest BCUT2D eigenvalue weighted by Crippen LogP contribution is -2.34. The largest absolute Gasteiger partial charge is 0.330 e. The van der Waals surface area contributed by atoms with Crippen LogP contribution in [0.3, 0.4) is 0 Å². The van der Waals surface area contributed by atoms with Gasteiger partial charge < -0.3 is 4.57 Å². The molecule has 0 N–H and O–H groups in total. The Morgan fingerprint density at radius 3 is 2.52 bits per heavy atom. The Bertz CT molecular complexity index is 873. The Labute approximate surface area is 163 Å². The predicted octanol–water partition coefficient (Wildman–Crippen LogP) is 5.12. The number of hydrogen-bond donors (Lipinski definition) is 0. The maximum atomic E-state index is 4.89. The number of likely N-dealkylation sites (tertiary alicyclic amines) is 1. The molecule has 2 heterocycles. The summed E-state index contributed by atoms with van der Waals surface area (Å²) >= 11 is 0. The minimum absolute atomic E-state index is 0.896. The second-order valence-corrected chi connectivity index (χ2v) is 8.13. The van der Waals surface area contributed by atoms with E-state index in [4.69, 9.17) is 4.98 Å². The zero-order chi connectivity index (χ0) is 18.6. The van der Waals surface area contributed by atoms with E-state index in [2.05, 4.69) is 72.0 Å². The molecular weight excluding hydrogens is 330 g/mol. The van der Waals surface area contributed by atoms with E-state index >= 15 is 0 Å². The van der Waals surface area contributed by atoms with E-state index in [1.807, 2.05) is 0 Å². The monoisotopic (exact) mass is 361 g/mol. The first kappa shape index (κ1) is 18.2. The highest BCUT2D eigenvalue weighted by molar-refractivity contribution is 5.79. The Kier molecular flexibility index (Phi) is 5.58. The molecule has 2 aromatic carbocycles. The van der Waals surface area contributed by atoms with Crippen molar-refractivity contribution in [2.24, 2.45) is 13.0 Å². The number of benzene rings is 2. The fourth-order valence-electron chi connectivity index (χ4n) is 4.53. The number of fused-ring (bicyclic) bond motifs is 1. The average molecular weight is 362 g/mol. The smallest absolute Gasteiger partial charge is 0.123 e. The number of nitrogens with zero attached hydrogens (tertiary/aromatic N) is 3. The van der Waals surface area contributed by atoms with Crippen molar-refractivity contribution in [2.45, 2.75) is 45.6 Å². The summed E-state index contributed by atoms with van der Waals surface area (Å²) in [7, 11) is 2.16. The van der Waals surface area contributed by atoms with Gasteiger partial charge in [0.1, 0.15) is 5.82 Å². The third kappa shape index (κ3) is 4.24. The van der Waals surface area contributed by atoms with Gasteiger partial charge in [-0.25, -0.2) is 4.98 Å². The molecule has 0 atom stereocenters. The molecule has 1 aliphatic heterocycles. The number of para-hydroxylation sites is 1. The van der Waals surface area contributed by atoms with Crippen molar-refractivity contribution in [1.29, 1.82) is 0 Å². The molecule has 1 aliphatic rings. The fourth-order valence-corrected chi connectivity index (χ4v) is 4.53. The zero-order valence-corrected chi connectivity index (χ0v) is 16.7. The number of aryl methyl sites for hydroxylation is 3. The van der Waals surface area contributed by atoms with Crippen molar-refractivity contribution in [3.05, 3.63) is 65.5 Å². The number of imidazole rings is 1. The number of rotatable bonds is 6. The van der Waals surface area contributed by atoms with Crippen LogP contribution in [0, 0.1) is 12.8 Å². The summed E-state index contributed by atoms with van der Waals surface area (Å²) in [6, 6.07) is 17.3. The minimum Gasteiger partial charge on any atom is -0.330 e. The Balaban J connectivity index is 1.27. The lowest BCUT2D eigenvalue weighted by atomic mass is 9.91. The van der Waals surface area contributed by atoms with Gasteiger partial charge in [0.25, 0.3) is 0 Å². The standard InChI is InChI=1S/C24H31N3/c1-19-8-6-13-22-24(19)26(2)23(25-22)18-27-16-14-21(15-17-27)12-7-11-20-9-4-3-5-10-20/h3-6,8-10,13,21H,7,11-12,14-18H2,1-2H3. The highest BCUT2D eigenvalue weighted by Gasteiger charge is 2.21. The van der Waals surface area contributed by atoms with Crippen molar-refractivity contribution in [3.63, 3.8) is 0 Å². The molecule has 4 rings (SSSR count). The molecule has 142 valence electrons. The third-order valence-corrected chi connectivity index (χ3v) is 6.18. The molecule has 0 amide bonds. The summed E-state index contributed by atoms with van der Waals surface area (Å²) in [6.07, 6.45) is 6.57. The average Bonchev–Trinajstić information content (AvgIpc) is 3.01. The second-order valence-electron chi connectivity index (χ2n) is 8.13. The van der Waals surface area contributed by atoms with E-state index in [1.54, 1.807) is 0 Å². The lowest BCUT2D eigenvalue weighted by molar-refractivity contribution is 0.166. The van der Waals surface area contributed by atoms with Crippen molar-refractivity contribution in [2.75, 3.05) is 13.1 Å². The van der Waals surface area contributed by atoms with Gasteiger partial charge in [-0.3, -0.25) is 4.90 Å². The molecule has 1 aromatic heterocycles. The highest BCUT2D eigenvalue weighted by atomic mass is 15.2. The van der Waals surface area contributed by atoms with Gasteiger partial charge in [0.2, 0.25) is 0 Å². The van der Waals surface area contributed by atoms with Crippen LogP contribution >= 0.6 is 0 Å². The first-order chi connectivity index (χ1) is 13.2. The van der Waals surface area contributed by atoms with Gasteiger partial charge in [-0.15, -0.1) is 0 Å². The SMILES string of the molecule is Cc1cccc2nc(CN3CCC(CCCc4ccccc4)CC3)n(C)c12. The normalized spacial score (nSPS) is 16.2. The first-order valence-electron chi connectivity index (χ1n) is 10.4. The summed E-state index contributed by atoms with van der Waals surface area (Å²) in [4.78, 5) is 7.48. The number of aromatic nitrogens is 2. The maximum absolute atomic E-state index is 4.89. The van der Waals surface area contributed by atoms with Gasteiger partial charge >= 0.3 is 0 Å². The number of hydrogen-bond acceptors (Lipinski definition) is 2. The molecule has 1 saturated heterocycles. The Hall–Kier alpha value is -2.13. The molecular formula is C24H31N3. The molecule has 3 nitrogen and oxygen atoms in total. The third-order valence-electron chi connectivity index (χ3n) is 6.18. The van der Waals surface area contributed by atoms with Crippen molar-refractivity contribution >= 4 is 11.0 Å². The lowest BCUT2D eigenvalue weighted by Gasteiger charge is -2.31. The van der Waals surface area contributed by atoms with Crippen molar-refractivity contribution in [3.8, 4) is 0 Å². The summed E-state index contributed by atoms with van der Waals surface area (Å²) in [5.74, 6) is 2.09. The molecule has 0 saturated carbocycles. The van der Waals surface area contributed by atoms with E-state index in [0.717, 1.165) is 18.0 Å². The van der Waals surface area contributed by atoms with Gasteiger partial charge in [-0.05, 0) is 68.8 Å². The molecule has 1 fully saturated rings. The minimum atomic E-state index is 0.896. The van der Waals surface area contributed by atoms with Crippen LogP contribution in [0.4, 0.5) is 0 Å². The Morgan fingerprint density at radius 2 is 1.78 bits per heavy atom. The van der Waals surface area contributed by atoms with Crippen LogP contribution < -0.4 is 0 Å². The van der Waals surface area contributed by atoms with E-state index in [0.29, 0.717) is 0 Å². The topological polar surface area (TPSA) is 21.1 Å². The van der Waals surface area contributed by atoms with Gasteiger partial charge in [0.05, 0.1) is 17.6 Å². The predicted molar refractivity (Wildman–Crippen MR) is 113 cm³/mol.